The molecule has 140 valence electrons. The fourth-order valence-corrected chi connectivity index (χ4v) is 3.84. The molecular formula is C22H24FN3O. The van der Waals surface area contributed by atoms with Crippen LogP contribution in [0, 0.1) is 12.7 Å². The third-order valence-corrected chi connectivity index (χ3v) is 5.14. The second kappa shape index (κ2) is 8.01. The lowest BCUT2D eigenvalue weighted by molar-refractivity contribution is 0.177. The number of hydrogen-bond donors (Lipinski definition) is 0. The predicted molar refractivity (Wildman–Crippen MR) is 102 cm³/mol. The topological polar surface area (TPSA) is 42.2 Å². The van der Waals surface area contributed by atoms with Crippen LogP contribution in [0.15, 0.2) is 53.1 Å². The maximum Gasteiger partial charge on any atom is 0.240 e. The Kier molecular flexibility index (Phi) is 5.30. The minimum Gasteiger partial charge on any atom is -0.338 e. The molecule has 27 heavy (non-hydrogen) atoms. The lowest BCUT2D eigenvalue weighted by Gasteiger charge is -2.32. The maximum atomic E-state index is 13.3. The van der Waals surface area contributed by atoms with Gasteiger partial charge < -0.3 is 4.52 Å². The maximum absolute atomic E-state index is 13.3. The highest BCUT2D eigenvalue weighted by molar-refractivity contribution is 5.26. The van der Waals surface area contributed by atoms with E-state index in [0.29, 0.717) is 30.6 Å². The fourth-order valence-electron chi connectivity index (χ4n) is 3.84. The van der Waals surface area contributed by atoms with Crippen LogP contribution >= 0.6 is 0 Å². The molecule has 4 rings (SSSR count). The molecule has 1 aromatic heterocycles. The molecule has 0 aliphatic carbocycles. The summed E-state index contributed by atoms with van der Waals surface area (Å²) >= 11 is 0. The highest BCUT2D eigenvalue weighted by atomic mass is 19.1. The largest absolute Gasteiger partial charge is 0.338 e. The van der Waals surface area contributed by atoms with Gasteiger partial charge in [-0.05, 0) is 55.5 Å². The van der Waals surface area contributed by atoms with Gasteiger partial charge in [-0.25, -0.2) is 4.39 Å². The van der Waals surface area contributed by atoms with Crippen molar-refractivity contribution in [2.24, 2.45) is 0 Å². The van der Waals surface area contributed by atoms with Gasteiger partial charge in [0.2, 0.25) is 5.89 Å². The van der Waals surface area contributed by atoms with E-state index < -0.39 is 0 Å². The summed E-state index contributed by atoms with van der Waals surface area (Å²) in [6.45, 7) is 4.86. The van der Waals surface area contributed by atoms with Gasteiger partial charge in [-0.3, -0.25) is 4.90 Å². The Morgan fingerprint density at radius 3 is 2.93 bits per heavy atom. The first kappa shape index (κ1) is 17.9. The summed E-state index contributed by atoms with van der Waals surface area (Å²) in [4.78, 5) is 6.88. The van der Waals surface area contributed by atoms with Crippen molar-refractivity contribution >= 4 is 0 Å². The zero-order valence-corrected chi connectivity index (χ0v) is 15.6. The average Bonchev–Trinajstić information content (AvgIpc) is 3.09. The van der Waals surface area contributed by atoms with E-state index in [9.17, 15) is 4.39 Å². The van der Waals surface area contributed by atoms with Gasteiger partial charge in [0.25, 0.3) is 0 Å². The lowest BCUT2D eigenvalue weighted by Crippen LogP contribution is -2.34. The van der Waals surface area contributed by atoms with E-state index in [1.807, 2.05) is 6.07 Å². The van der Waals surface area contributed by atoms with Crippen LogP contribution in [0.3, 0.4) is 0 Å². The van der Waals surface area contributed by atoms with Crippen LogP contribution in [0.1, 0.15) is 47.2 Å². The molecule has 0 spiro atoms. The summed E-state index contributed by atoms with van der Waals surface area (Å²) in [6, 6.07) is 15.3. The van der Waals surface area contributed by atoms with Gasteiger partial charge >= 0.3 is 0 Å². The normalized spacial score (nSPS) is 17.9. The molecule has 5 heteroatoms. The molecule has 2 aromatic carbocycles. The summed E-state index contributed by atoms with van der Waals surface area (Å²) in [5.74, 6) is 1.54. The number of halogens is 1. The van der Waals surface area contributed by atoms with Crippen LogP contribution < -0.4 is 0 Å². The van der Waals surface area contributed by atoms with Gasteiger partial charge in [-0.15, -0.1) is 0 Å². The molecule has 0 saturated carbocycles. The van der Waals surface area contributed by atoms with Crippen molar-refractivity contribution in [1.82, 2.24) is 15.0 Å². The van der Waals surface area contributed by atoms with E-state index in [1.165, 1.54) is 36.1 Å². The molecule has 0 unspecified atom stereocenters. The standard InChI is InChI=1S/C22H24FN3O/c1-16-5-2-7-18(11-16)19-8-4-10-26(14-19)15-22-24-21(25-27-22)13-17-6-3-9-20(23)12-17/h2-3,5-7,9,11-12,19H,4,8,10,13-15H2,1H3/t19-/m0/s1. The molecule has 2 heterocycles. The van der Waals surface area contributed by atoms with Crippen LogP contribution in [0.2, 0.25) is 0 Å². The summed E-state index contributed by atoms with van der Waals surface area (Å²) in [7, 11) is 0. The van der Waals surface area contributed by atoms with Gasteiger partial charge in [0.15, 0.2) is 5.82 Å². The van der Waals surface area contributed by atoms with E-state index in [2.05, 4.69) is 46.2 Å². The molecule has 1 aliphatic heterocycles. The van der Waals surface area contributed by atoms with Gasteiger partial charge in [0.1, 0.15) is 5.82 Å². The van der Waals surface area contributed by atoms with Crippen molar-refractivity contribution in [3.63, 3.8) is 0 Å². The molecule has 0 radical (unpaired) electrons. The minimum absolute atomic E-state index is 0.244. The van der Waals surface area contributed by atoms with E-state index in [1.54, 1.807) is 6.07 Å². The number of aromatic nitrogens is 2. The quantitative estimate of drug-likeness (QED) is 0.668. The number of nitrogens with zero attached hydrogens (tertiary/aromatic N) is 3. The molecule has 1 aliphatic rings. The molecule has 0 amide bonds. The Labute approximate surface area is 159 Å². The van der Waals surface area contributed by atoms with E-state index in [0.717, 1.165) is 18.7 Å². The zero-order chi connectivity index (χ0) is 18.6. The van der Waals surface area contributed by atoms with Gasteiger partial charge in [0, 0.05) is 13.0 Å². The first-order valence-electron chi connectivity index (χ1n) is 9.50. The highest BCUT2D eigenvalue weighted by Crippen LogP contribution is 2.28. The predicted octanol–water partition coefficient (Wildman–Crippen LogP) is 4.49. The summed E-state index contributed by atoms with van der Waals surface area (Å²) in [6.07, 6.45) is 2.87. The first-order valence-corrected chi connectivity index (χ1v) is 9.50. The van der Waals surface area contributed by atoms with Crippen molar-refractivity contribution in [3.8, 4) is 0 Å². The van der Waals surface area contributed by atoms with E-state index >= 15 is 0 Å². The van der Waals surface area contributed by atoms with Gasteiger partial charge in [0.05, 0.1) is 6.54 Å². The Bertz CT molecular complexity index is 908. The molecule has 0 bridgehead atoms. The fraction of sp³-hybridized carbons (Fsp3) is 0.364. The van der Waals surface area contributed by atoms with Crippen molar-refractivity contribution in [2.75, 3.05) is 13.1 Å². The smallest absolute Gasteiger partial charge is 0.240 e. The third kappa shape index (κ3) is 4.61. The number of benzene rings is 2. The van der Waals surface area contributed by atoms with Crippen LogP contribution in [-0.4, -0.2) is 28.1 Å². The number of hydrogen-bond acceptors (Lipinski definition) is 4. The number of likely N-dealkylation sites (tertiary alicyclic amines) is 1. The molecular weight excluding hydrogens is 341 g/mol. The molecule has 3 aromatic rings. The molecule has 1 saturated heterocycles. The second-order valence-electron chi connectivity index (χ2n) is 7.40. The number of piperidine rings is 1. The Balaban J connectivity index is 1.38. The zero-order valence-electron chi connectivity index (χ0n) is 15.6. The van der Waals surface area contributed by atoms with Crippen LogP contribution in [0.4, 0.5) is 4.39 Å². The summed E-state index contributed by atoms with van der Waals surface area (Å²) < 4.78 is 18.7. The first-order chi connectivity index (χ1) is 13.2. The Morgan fingerprint density at radius 2 is 2.07 bits per heavy atom. The number of aryl methyl sites for hydroxylation is 1. The van der Waals surface area contributed by atoms with Crippen molar-refractivity contribution in [3.05, 3.63) is 82.8 Å². The molecule has 0 N–H and O–H groups in total. The van der Waals surface area contributed by atoms with Crippen molar-refractivity contribution in [1.29, 1.82) is 0 Å². The van der Waals surface area contributed by atoms with Crippen LogP contribution in [-0.2, 0) is 13.0 Å². The lowest BCUT2D eigenvalue weighted by atomic mass is 9.90. The van der Waals surface area contributed by atoms with Crippen molar-refractivity contribution < 1.29 is 8.91 Å². The van der Waals surface area contributed by atoms with E-state index in [-0.39, 0.29) is 5.82 Å². The minimum atomic E-state index is -0.244. The van der Waals surface area contributed by atoms with Crippen LogP contribution in [0.25, 0.3) is 0 Å². The summed E-state index contributed by atoms with van der Waals surface area (Å²) in [5, 5.41) is 4.06. The van der Waals surface area contributed by atoms with E-state index in [4.69, 9.17) is 4.52 Å². The molecule has 4 nitrogen and oxygen atoms in total. The van der Waals surface area contributed by atoms with Crippen LogP contribution in [0.5, 0.6) is 0 Å². The number of rotatable bonds is 5. The van der Waals surface area contributed by atoms with Gasteiger partial charge in [-0.1, -0.05) is 47.1 Å². The molecule has 1 atom stereocenters. The highest BCUT2D eigenvalue weighted by Gasteiger charge is 2.23. The second-order valence-corrected chi connectivity index (χ2v) is 7.40. The monoisotopic (exact) mass is 365 g/mol. The third-order valence-electron chi connectivity index (χ3n) is 5.14. The van der Waals surface area contributed by atoms with Crippen molar-refractivity contribution in [2.45, 2.75) is 38.6 Å². The Hall–Kier alpha value is -2.53. The molecule has 1 fully saturated rings. The average molecular weight is 365 g/mol. The SMILES string of the molecule is Cc1cccc([C@H]2CCCN(Cc3nc(Cc4cccc(F)c4)no3)C2)c1. The Morgan fingerprint density at radius 1 is 1.19 bits per heavy atom. The van der Waals surface area contributed by atoms with Gasteiger partial charge in [-0.2, -0.15) is 4.98 Å². The summed E-state index contributed by atoms with van der Waals surface area (Å²) in [5.41, 5.74) is 3.57.